The number of likely N-dealkylation sites (tertiary alicyclic amines) is 1. The van der Waals surface area contributed by atoms with E-state index in [1.165, 1.54) is 38.5 Å². The Hall–Kier alpha value is -0.570. The third kappa shape index (κ3) is 3.98. The molecular formula is C14H26N2O. The van der Waals surface area contributed by atoms with Crippen LogP contribution in [0.25, 0.3) is 0 Å². The third-order valence-corrected chi connectivity index (χ3v) is 4.25. The molecule has 2 rings (SSSR count). The van der Waals surface area contributed by atoms with Crippen LogP contribution in [-0.2, 0) is 4.79 Å². The molecule has 0 aromatic rings. The Morgan fingerprint density at radius 2 is 1.76 bits per heavy atom. The van der Waals surface area contributed by atoms with Crippen LogP contribution in [0.5, 0.6) is 0 Å². The van der Waals surface area contributed by atoms with Gasteiger partial charge in [0.2, 0.25) is 5.91 Å². The zero-order valence-electron chi connectivity index (χ0n) is 10.9. The molecule has 2 unspecified atom stereocenters. The lowest BCUT2D eigenvalue weighted by molar-refractivity contribution is -0.132. The summed E-state index contributed by atoms with van der Waals surface area (Å²) in [5.74, 6) is 0.931. The predicted octanol–water partition coefficient (Wildman–Crippen LogP) is 2.30. The SMILES string of the molecule is NC1CCCC(CC(=O)N2CCCCCC2)C1. The van der Waals surface area contributed by atoms with Crippen molar-refractivity contribution in [2.45, 2.75) is 63.8 Å². The molecule has 0 spiro atoms. The second-order valence-corrected chi connectivity index (χ2v) is 5.79. The van der Waals surface area contributed by atoms with Crippen molar-refractivity contribution in [1.29, 1.82) is 0 Å². The summed E-state index contributed by atoms with van der Waals surface area (Å²) in [6.45, 7) is 1.97. The maximum absolute atomic E-state index is 12.2. The van der Waals surface area contributed by atoms with Crippen molar-refractivity contribution in [2.75, 3.05) is 13.1 Å². The number of rotatable bonds is 2. The van der Waals surface area contributed by atoms with Crippen LogP contribution in [-0.4, -0.2) is 29.9 Å². The van der Waals surface area contributed by atoms with Gasteiger partial charge in [-0.3, -0.25) is 4.79 Å². The van der Waals surface area contributed by atoms with Gasteiger partial charge in [0.15, 0.2) is 0 Å². The van der Waals surface area contributed by atoms with Gasteiger partial charge in [0.25, 0.3) is 0 Å². The van der Waals surface area contributed by atoms with Gasteiger partial charge >= 0.3 is 0 Å². The van der Waals surface area contributed by atoms with E-state index in [4.69, 9.17) is 5.73 Å². The molecule has 2 atom stereocenters. The van der Waals surface area contributed by atoms with E-state index < -0.39 is 0 Å². The van der Waals surface area contributed by atoms with E-state index in [2.05, 4.69) is 4.90 Å². The molecule has 0 radical (unpaired) electrons. The molecule has 1 saturated carbocycles. The minimum atomic E-state index is 0.339. The average Bonchev–Trinajstić information content (AvgIpc) is 2.57. The first kappa shape index (κ1) is 12.9. The minimum Gasteiger partial charge on any atom is -0.343 e. The van der Waals surface area contributed by atoms with Gasteiger partial charge in [-0.05, 0) is 38.0 Å². The highest BCUT2D eigenvalue weighted by Gasteiger charge is 2.24. The van der Waals surface area contributed by atoms with Crippen LogP contribution in [0.1, 0.15) is 57.8 Å². The van der Waals surface area contributed by atoms with Crippen LogP contribution in [0.15, 0.2) is 0 Å². The normalized spacial score (nSPS) is 31.0. The Balaban J connectivity index is 1.78. The molecule has 98 valence electrons. The molecular weight excluding hydrogens is 212 g/mol. The van der Waals surface area contributed by atoms with Crippen molar-refractivity contribution in [3.05, 3.63) is 0 Å². The monoisotopic (exact) mass is 238 g/mol. The lowest BCUT2D eigenvalue weighted by atomic mass is 9.84. The molecule has 2 aliphatic rings. The van der Waals surface area contributed by atoms with Crippen molar-refractivity contribution in [3.63, 3.8) is 0 Å². The van der Waals surface area contributed by atoms with Gasteiger partial charge in [0, 0.05) is 25.6 Å². The van der Waals surface area contributed by atoms with E-state index in [-0.39, 0.29) is 0 Å². The van der Waals surface area contributed by atoms with Crippen LogP contribution in [0.3, 0.4) is 0 Å². The van der Waals surface area contributed by atoms with Gasteiger partial charge in [0.1, 0.15) is 0 Å². The fraction of sp³-hybridized carbons (Fsp3) is 0.929. The van der Waals surface area contributed by atoms with Crippen molar-refractivity contribution in [2.24, 2.45) is 11.7 Å². The topological polar surface area (TPSA) is 46.3 Å². The van der Waals surface area contributed by atoms with E-state index in [0.717, 1.165) is 32.4 Å². The van der Waals surface area contributed by atoms with Gasteiger partial charge < -0.3 is 10.6 Å². The number of nitrogens with two attached hydrogens (primary N) is 1. The standard InChI is InChI=1S/C14H26N2O/c15-13-7-5-6-12(10-13)11-14(17)16-8-3-1-2-4-9-16/h12-13H,1-11,15H2. The molecule has 0 bridgehead atoms. The molecule has 1 heterocycles. The fourth-order valence-electron chi connectivity index (χ4n) is 3.21. The summed E-state index contributed by atoms with van der Waals surface area (Å²) in [5.41, 5.74) is 5.98. The summed E-state index contributed by atoms with van der Waals surface area (Å²) in [6.07, 6.45) is 10.3. The number of hydrogen-bond donors (Lipinski definition) is 1. The Labute approximate surface area is 105 Å². The zero-order chi connectivity index (χ0) is 12.1. The highest BCUT2D eigenvalue weighted by atomic mass is 16.2. The first-order chi connectivity index (χ1) is 8.25. The predicted molar refractivity (Wildman–Crippen MR) is 69.6 cm³/mol. The molecule has 2 fully saturated rings. The summed E-state index contributed by atoms with van der Waals surface area (Å²) in [4.78, 5) is 14.3. The Bertz CT molecular complexity index is 247. The maximum atomic E-state index is 12.2. The molecule has 0 aromatic heterocycles. The number of carbonyl (C=O) groups is 1. The molecule has 1 amide bonds. The van der Waals surface area contributed by atoms with Crippen molar-refractivity contribution < 1.29 is 4.79 Å². The van der Waals surface area contributed by atoms with Crippen molar-refractivity contribution >= 4 is 5.91 Å². The lowest BCUT2D eigenvalue weighted by Crippen LogP contribution is -2.35. The van der Waals surface area contributed by atoms with Crippen molar-refractivity contribution in [3.8, 4) is 0 Å². The Morgan fingerprint density at radius 1 is 1.06 bits per heavy atom. The number of nitrogens with zero attached hydrogens (tertiary/aromatic N) is 1. The van der Waals surface area contributed by atoms with Gasteiger partial charge in [-0.15, -0.1) is 0 Å². The van der Waals surface area contributed by atoms with Crippen molar-refractivity contribution in [1.82, 2.24) is 4.90 Å². The first-order valence-electron chi connectivity index (χ1n) is 7.29. The fourth-order valence-corrected chi connectivity index (χ4v) is 3.21. The second kappa shape index (κ2) is 6.39. The Kier molecular flexibility index (Phi) is 4.84. The number of carbonyl (C=O) groups excluding carboxylic acids is 1. The number of hydrogen-bond acceptors (Lipinski definition) is 2. The summed E-state index contributed by atoms with van der Waals surface area (Å²) in [6, 6.07) is 0.339. The lowest BCUT2D eigenvalue weighted by Gasteiger charge is -2.28. The highest BCUT2D eigenvalue weighted by Crippen LogP contribution is 2.26. The quantitative estimate of drug-likeness (QED) is 0.802. The van der Waals surface area contributed by atoms with Crippen LogP contribution >= 0.6 is 0 Å². The van der Waals surface area contributed by atoms with E-state index in [9.17, 15) is 4.79 Å². The largest absolute Gasteiger partial charge is 0.343 e. The van der Waals surface area contributed by atoms with E-state index >= 15 is 0 Å². The van der Waals surface area contributed by atoms with E-state index in [0.29, 0.717) is 17.9 Å². The average molecular weight is 238 g/mol. The molecule has 1 saturated heterocycles. The molecule has 1 aliphatic carbocycles. The summed E-state index contributed by atoms with van der Waals surface area (Å²) in [5, 5.41) is 0. The number of amides is 1. The molecule has 3 heteroatoms. The third-order valence-electron chi connectivity index (χ3n) is 4.25. The van der Waals surface area contributed by atoms with Gasteiger partial charge in [0.05, 0.1) is 0 Å². The van der Waals surface area contributed by atoms with Crippen LogP contribution < -0.4 is 5.73 Å². The van der Waals surface area contributed by atoms with Gasteiger partial charge in [-0.2, -0.15) is 0 Å². The van der Waals surface area contributed by atoms with Crippen LogP contribution in [0.2, 0.25) is 0 Å². The molecule has 3 nitrogen and oxygen atoms in total. The molecule has 2 N–H and O–H groups in total. The van der Waals surface area contributed by atoms with Gasteiger partial charge in [-0.25, -0.2) is 0 Å². The van der Waals surface area contributed by atoms with E-state index in [1.54, 1.807) is 0 Å². The van der Waals surface area contributed by atoms with Crippen LogP contribution in [0, 0.1) is 5.92 Å². The summed E-state index contributed by atoms with van der Waals surface area (Å²) >= 11 is 0. The minimum absolute atomic E-state index is 0.339. The molecule has 17 heavy (non-hydrogen) atoms. The molecule has 1 aliphatic heterocycles. The zero-order valence-corrected chi connectivity index (χ0v) is 10.9. The summed E-state index contributed by atoms with van der Waals surface area (Å²) < 4.78 is 0. The first-order valence-corrected chi connectivity index (χ1v) is 7.29. The second-order valence-electron chi connectivity index (χ2n) is 5.79. The van der Waals surface area contributed by atoms with Crippen LogP contribution in [0.4, 0.5) is 0 Å². The highest BCUT2D eigenvalue weighted by molar-refractivity contribution is 5.76. The van der Waals surface area contributed by atoms with E-state index in [1.807, 2.05) is 0 Å². The maximum Gasteiger partial charge on any atom is 0.222 e. The molecule has 0 aromatic carbocycles. The van der Waals surface area contributed by atoms with Gasteiger partial charge in [-0.1, -0.05) is 19.3 Å². The smallest absolute Gasteiger partial charge is 0.222 e. The summed E-state index contributed by atoms with van der Waals surface area (Å²) in [7, 11) is 0. The Morgan fingerprint density at radius 3 is 2.41 bits per heavy atom.